The fourth-order valence-electron chi connectivity index (χ4n) is 4.83. The Bertz CT molecular complexity index is 1510. The zero-order valence-corrected chi connectivity index (χ0v) is 24.1. The number of quaternary nitrogens is 1. The number of nitrogens with one attached hydrogen (secondary N) is 2. The van der Waals surface area contributed by atoms with Crippen molar-refractivity contribution >= 4 is 53.6 Å². The first-order chi connectivity index (χ1) is 18.6. The average molecular weight is 599 g/mol. The van der Waals surface area contributed by atoms with Crippen LogP contribution in [0, 0.1) is 0 Å². The van der Waals surface area contributed by atoms with E-state index in [4.69, 9.17) is 20.4 Å². The van der Waals surface area contributed by atoms with Crippen LogP contribution in [0.5, 0.6) is 0 Å². The van der Waals surface area contributed by atoms with Crippen LogP contribution in [0.25, 0.3) is 21.6 Å². The number of hydrogen-bond donors (Lipinski definition) is 3. The van der Waals surface area contributed by atoms with Gasteiger partial charge in [-0.1, -0.05) is 3.29 Å². The van der Waals surface area contributed by atoms with Gasteiger partial charge in [0.25, 0.3) is 0 Å². The Morgan fingerprint density at radius 1 is 1.03 bits per heavy atom. The predicted molar refractivity (Wildman–Crippen MR) is 149 cm³/mol. The van der Waals surface area contributed by atoms with Gasteiger partial charge < -0.3 is 15.4 Å². The van der Waals surface area contributed by atoms with E-state index in [-0.39, 0.29) is 26.2 Å². The standard InChI is InChI=1S/C22H32N9O5S3/c1-24-38(32,33)31(39(34,35)25-2)9-5-29(6-10-31)15-17-13-18-20(37-17)22(30-7-11-36-12-8-30)28-21(27-18)16-3-4-19(23)26-14-16/h3-4,13-14,24-25H,5-12,15H2,1-2H3,(H2,23,26)/q+1. The zero-order valence-electron chi connectivity index (χ0n) is 21.7. The molecule has 0 atom stereocenters. The van der Waals surface area contributed by atoms with Crippen molar-refractivity contribution in [2.45, 2.75) is 6.54 Å². The molecule has 5 rings (SSSR count). The molecule has 0 aromatic carbocycles. The molecule has 14 nitrogen and oxygen atoms in total. The molecule has 3 aromatic rings. The first kappa shape index (κ1) is 28.0. The van der Waals surface area contributed by atoms with Gasteiger partial charge in [0.1, 0.15) is 18.9 Å². The molecular weight excluding hydrogens is 567 g/mol. The van der Waals surface area contributed by atoms with Crippen LogP contribution in [-0.2, 0) is 31.7 Å². The molecule has 2 fully saturated rings. The number of aromatic nitrogens is 3. The van der Waals surface area contributed by atoms with Crippen LogP contribution in [-0.4, -0.2) is 107 Å². The summed E-state index contributed by atoms with van der Waals surface area (Å²) in [7, 11) is -5.85. The SMILES string of the molecule is CNS(=O)(=O)[N+]1(S(=O)(=O)NC)CCN(Cc2cc3nc(-c4ccc(N)nc4)nc(N4CCOCC4)c3s2)CC1. The first-order valence-corrected chi connectivity index (χ1v) is 16.1. The number of rotatable bonds is 8. The van der Waals surface area contributed by atoms with Crippen molar-refractivity contribution in [2.24, 2.45) is 0 Å². The molecule has 2 saturated heterocycles. The van der Waals surface area contributed by atoms with Gasteiger partial charge in [-0.05, 0) is 18.2 Å². The van der Waals surface area contributed by atoms with Crippen molar-refractivity contribution in [3.8, 4) is 11.4 Å². The van der Waals surface area contributed by atoms with Crippen molar-refractivity contribution in [2.75, 3.05) is 77.2 Å². The second-order valence-electron chi connectivity index (χ2n) is 9.27. The van der Waals surface area contributed by atoms with Crippen LogP contribution in [0.15, 0.2) is 24.4 Å². The highest BCUT2D eigenvalue weighted by Gasteiger charge is 2.54. The minimum absolute atomic E-state index is 0.107. The fraction of sp³-hybridized carbons (Fsp3) is 0.500. The molecule has 0 aliphatic carbocycles. The maximum atomic E-state index is 12.8. The van der Waals surface area contributed by atoms with E-state index in [0.717, 1.165) is 26.5 Å². The van der Waals surface area contributed by atoms with Gasteiger partial charge in [0.15, 0.2) is 11.6 Å². The third-order valence-corrected chi connectivity index (χ3v) is 12.8. The number of nitrogens with zero attached hydrogens (tertiary/aromatic N) is 6. The summed E-state index contributed by atoms with van der Waals surface area (Å²) < 4.78 is 61.0. The minimum atomic E-state index is -4.16. The molecule has 3 aromatic heterocycles. The predicted octanol–water partition coefficient (Wildman–Crippen LogP) is -0.267. The maximum absolute atomic E-state index is 12.8. The molecule has 2 aliphatic heterocycles. The Morgan fingerprint density at radius 2 is 1.69 bits per heavy atom. The van der Waals surface area contributed by atoms with Gasteiger partial charge in [-0.2, -0.15) is 26.3 Å². The molecule has 0 unspecified atom stereocenters. The van der Waals surface area contributed by atoms with Crippen LogP contribution in [0.2, 0.25) is 0 Å². The number of thiophene rings is 1. The molecule has 0 spiro atoms. The van der Waals surface area contributed by atoms with Gasteiger partial charge >= 0.3 is 20.4 Å². The Balaban J connectivity index is 1.44. The number of hydrogen-bond acceptors (Lipinski definition) is 12. The summed E-state index contributed by atoms with van der Waals surface area (Å²) in [6.07, 6.45) is 1.66. The lowest BCUT2D eigenvalue weighted by Crippen LogP contribution is -2.69. The van der Waals surface area contributed by atoms with Crippen LogP contribution in [0.3, 0.4) is 0 Å². The minimum Gasteiger partial charge on any atom is -0.384 e. The van der Waals surface area contributed by atoms with Gasteiger partial charge in [-0.15, -0.1) is 11.3 Å². The summed E-state index contributed by atoms with van der Waals surface area (Å²) in [6.45, 7) is 3.52. The number of ether oxygens (including phenoxy) is 1. The Labute approximate surface area is 231 Å². The second kappa shape index (κ2) is 10.8. The van der Waals surface area contributed by atoms with Crippen molar-refractivity contribution in [3.63, 3.8) is 0 Å². The number of fused-ring (bicyclic) bond motifs is 1. The Kier molecular flexibility index (Phi) is 7.77. The molecule has 2 aliphatic rings. The smallest absolute Gasteiger partial charge is 0.384 e. The number of piperazine rings is 1. The summed E-state index contributed by atoms with van der Waals surface area (Å²) in [5, 5.41) is 0. The highest BCUT2D eigenvalue weighted by molar-refractivity contribution is 7.96. The van der Waals surface area contributed by atoms with E-state index >= 15 is 0 Å². The highest BCUT2D eigenvalue weighted by Crippen LogP contribution is 2.35. The molecule has 0 amide bonds. The van der Waals surface area contributed by atoms with Gasteiger partial charge in [0.2, 0.25) is 0 Å². The molecule has 39 heavy (non-hydrogen) atoms. The van der Waals surface area contributed by atoms with Crippen molar-refractivity contribution in [1.82, 2.24) is 29.3 Å². The zero-order chi connectivity index (χ0) is 27.8. The summed E-state index contributed by atoms with van der Waals surface area (Å²) in [5.41, 5.74) is 7.32. The maximum Gasteiger partial charge on any atom is 0.385 e. The average Bonchev–Trinajstić information content (AvgIpc) is 3.36. The fourth-order valence-corrected chi connectivity index (χ4v) is 9.42. The molecule has 5 heterocycles. The molecule has 4 N–H and O–H groups in total. The number of pyridine rings is 1. The van der Waals surface area contributed by atoms with E-state index in [1.165, 1.54) is 14.1 Å². The molecular formula is C22H32N9O5S3+. The molecule has 0 saturated carbocycles. The van der Waals surface area contributed by atoms with Crippen molar-refractivity contribution < 1.29 is 24.9 Å². The van der Waals surface area contributed by atoms with Crippen LogP contribution >= 0.6 is 11.3 Å². The molecule has 212 valence electrons. The summed E-state index contributed by atoms with van der Waals surface area (Å²) in [6, 6.07) is 5.58. The quantitative estimate of drug-likeness (QED) is 0.292. The monoisotopic (exact) mass is 598 g/mol. The highest BCUT2D eigenvalue weighted by atomic mass is 32.3. The topological polar surface area (TPSA) is 173 Å². The number of morpholine rings is 1. The van der Waals surface area contributed by atoms with Gasteiger partial charge in [0, 0.05) is 50.4 Å². The Morgan fingerprint density at radius 3 is 2.28 bits per heavy atom. The van der Waals surface area contributed by atoms with E-state index in [2.05, 4.69) is 24.2 Å². The van der Waals surface area contributed by atoms with Crippen LogP contribution in [0.1, 0.15) is 4.88 Å². The van der Waals surface area contributed by atoms with Crippen LogP contribution < -0.4 is 20.1 Å². The first-order valence-electron chi connectivity index (χ1n) is 12.4. The third kappa shape index (κ3) is 5.20. The lowest BCUT2D eigenvalue weighted by molar-refractivity contribution is -0.683. The number of nitrogens with two attached hydrogens (primary N) is 1. The molecule has 0 bridgehead atoms. The van der Waals surface area contributed by atoms with Gasteiger partial charge in [-0.3, -0.25) is 4.90 Å². The number of nitrogen functional groups attached to an aromatic ring is 1. The van der Waals surface area contributed by atoms with Crippen LogP contribution in [0.4, 0.5) is 11.6 Å². The van der Waals surface area contributed by atoms with Crippen molar-refractivity contribution in [1.29, 1.82) is 0 Å². The summed E-state index contributed by atoms with van der Waals surface area (Å²) >= 11 is 1.59. The van der Waals surface area contributed by atoms with Crippen molar-refractivity contribution in [3.05, 3.63) is 29.3 Å². The largest absolute Gasteiger partial charge is 0.385 e. The second-order valence-corrected chi connectivity index (χ2v) is 14.7. The van der Waals surface area contributed by atoms with Gasteiger partial charge in [0.05, 0.1) is 36.5 Å². The lowest BCUT2D eigenvalue weighted by atomic mass is 10.2. The van der Waals surface area contributed by atoms with E-state index in [1.54, 1.807) is 23.6 Å². The normalized spacial score (nSPS) is 19.0. The Hall–Kier alpha value is -2.51. The third-order valence-electron chi connectivity index (χ3n) is 7.05. The van der Waals surface area contributed by atoms with E-state index in [9.17, 15) is 16.8 Å². The van der Waals surface area contributed by atoms with E-state index in [1.807, 2.05) is 12.1 Å². The lowest BCUT2D eigenvalue weighted by Gasteiger charge is -2.40. The van der Waals surface area contributed by atoms with E-state index in [0.29, 0.717) is 44.5 Å². The summed E-state index contributed by atoms with van der Waals surface area (Å²) in [5.74, 6) is 1.80. The summed E-state index contributed by atoms with van der Waals surface area (Å²) in [4.78, 5) is 19.2. The van der Waals surface area contributed by atoms with Gasteiger partial charge in [-0.25, -0.2) is 15.0 Å². The van der Waals surface area contributed by atoms with E-state index < -0.39 is 23.7 Å². The molecule has 17 heteroatoms. The number of anilines is 2. The molecule has 0 radical (unpaired) electrons.